The number of rotatable bonds is 4. The van der Waals surface area contributed by atoms with E-state index in [0.717, 1.165) is 17.8 Å². The van der Waals surface area contributed by atoms with Crippen LogP contribution in [0, 0.1) is 11.6 Å². The SMILES string of the molecule is O=C1Nc2cc(NC(=O)c3c[nH]cc(-c4cc(F)cc(F)c4)c3=O)ccc2C1=Cc1ccc[nH]1. The van der Waals surface area contributed by atoms with Crippen LogP contribution in [0.1, 0.15) is 21.6 Å². The first-order chi connectivity index (χ1) is 16.4. The van der Waals surface area contributed by atoms with Gasteiger partial charge in [-0.1, -0.05) is 6.07 Å². The predicted molar refractivity (Wildman–Crippen MR) is 124 cm³/mol. The van der Waals surface area contributed by atoms with E-state index in [2.05, 4.69) is 20.6 Å². The van der Waals surface area contributed by atoms with E-state index in [1.807, 2.05) is 12.1 Å². The van der Waals surface area contributed by atoms with Crippen molar-refractivity contribution >= 4 is 34.8 Å². The molecule has 0 radical (unpaired) electrons. The van der Waals surface area contributed by atoms with E-state index in [-0.39, 0.29) is 22.6 Å². The second-order valence-electron chi connectivity index (χ2n) is 7.62. The Labute approximate surface area is 191 Å². The number of pyridine rings is 1. The van der Waals surface area contributed by atoms with Crippen molar-refractivity contribution in [2.24, 2.45) is 0 Å². The first-order valence-electron chi connectivity index (χ1n) is 10.2. The lowest BCUT2D eigenvalue weighted by atomic mass is 10.0. The molecule has 168 valence electrons. The highest BCUT2D eigenvalue weighted by Gasteiger charge is 2.25. The Morgan fingerprint density at radius 1 is 0.941 bits per heavy atom. The first-order valence-corrected chi connectivity index (χ1v) is 10.2. The van der Waals surface area contributed by atoms with E-state index in [1.165, 1.54) is 12.4 Å². The number of H-pyrrole nitrogens is 2. The average Bonchev–Trinajstić information content (AvgIpc) is 3.41. The van der Waals surface area contributed by atoms with Gasteiger partial charge in [-0.15, -0.1) is 0 Å². The molecule has 9 heteroatoms. The Hall–Kier alpha value is -4.79. The molecule has 0 saturated carbocycles. The van der Waals surface area contributed by atoms with Gasteiger partial charge in [0, 0.05) is 47.2 Å². The largest absolute Gasteiger partial charge is 0.366 e. The van der Waals surface area contributed by atoms with Crippen LogP contribution in [0.15, 0.2) is 71.9 Å². The highest BCUT2D eigenvalue weighted by molar-refractivity contribution is 6.35. The van der Waals surface area contributed by atoms with Crippen LogP contribution in [0.25, 0.3) is 22.8 Å². The molecule has 3 heterocycles. The summed E-state index contributed by atoms with van der Waals surface area (Å²) in [4.78, 5) is 43.8. The molecular formula is C25H16F2N4O3. The number of carbonyl (C=O) groups is 2. The summed E-state index contributed by atoms with van der Waals surface area (Å²) in [6, 6.07) is 11.2. The third kappa shape index (κ3) is 3.90. The molecule has 0 atom stereocenters. The number of benzene rings is 2. The van der Waals surface area contributed by atoms with Crippen molar-refractivity contribution in [1.82, 2.24) is 9.97 Å². The smallest absolute Gasteiger partial charge is 0.261 e. The zero-order valence-corrected chi connectivity index (χ0v) is 17.4. The highest BCUT2D eigenvalue weighted by Crippen LogP contribution is 2.35. The molecule has 0 fully saturated rings. The molecule has 7 nitrogen and oxygen atoms in total. The molecule has 2 aromatic carbocycles. The van der Waals surface area contributed by atoms with Gasteiger partial charge in [-0.3, -0.25) is 14.4 Å². The number of fused-ring (bicyclic) bond motifs is 1. The molecule has 2 aromatic heterocycles. The van der Waals surface area contributed by atoms with Crippen molar-refractivity contribution in [2.75, 3.05) is 10.6 Å². The second-order valence-corrected chi connectivity index (χ2v) is 7.62. The third-order valence-corrected chi connectivity index (χ3v) is 5.35. The second kappa shape index (κ2) is 8.28. The number of amides is 2. The molecule has 4 N–H and O–H groups in total. The standard InChI is InChI=1S/C25H16F2N4O3/c26-14-6-13(7-15(27)8-14)20-11-28-12-21(23(20)32)25(34)30-17-3-4-18-19(9-16-2-1-5-29-16)24(33)31-22(18)10-17/h1-12,29H,(H,28,32)(H,30,34)(H,31,33). The van der Waals surface area contributed by atoms with E-state index in [0.29, 0.717) is 28.6 Å². The molecule has 1 aliphatic heterocycles. The van der Waals surface area contributed by atoms with Crippen LogP contribution >= 0.6 is 0 Å². The fourth-order valence-electron chi connectivity index (χ4n) is 3.78. The van der Waals surface area contributed by atoms with Gasteiger partial charge < -0.3 is 20.6 Å². The van der Waals surface area contributed by atoms with Crippen molar-refractivity contribution in [3.05, 3.63) is 106 Å². The van der Waals surface area contributed by atoms with Gasteiger partial charge >= 0.3 is 0 Å². The summed E-state index contributed by atoms with van der Waals surface area (Å²) in [5.41, 5.74) is 1.82. The van der Waals surface area contributed by atoms with Crippen molar-refractivity contribution in [3.8, 4) is 11.1 Å². The summed E-state index contributed by atoms with van der Waals surface area (Å²) in [5, 5.41) is 5.38. The lowest BCUT2D eigenvalue weighted by Gasteiger charge is -2.08. The van der Waals surface area contributed by atoms with E-state index >= 15 is 0 Å². The summed E-state index contributed by atoms with van der Waals surface area (Å²) in [6.45, 7) is 0. The minimum atomic E-state index is -0.839. The van der Waals surface area contributed by atoms with Crippen LogP contribution in [0.2, 0.25) is 0 Å². The monoisotopic (exact) mass is 458 g/mol. The van der Waals surface area contributed by atoms with Crippen molar-refractivity contribution in [3.63, 3.8) is 0 Å². The number of carbonyl (C=O) groups excluding carboxylic acids is 2. The van der Waals surface area contributed by atoms with Crippen LogP contribution in [0.3, 0.4) is 0 Å². The summed E-state index contributed by atoms with van der Waals surface area (Å²) < 4.78 is 27.2. The van der Waals surface area contributed by atoms with E-state index in [4.69, 9.17) is 0 Å². The van der Waals surface area contributed by atoms with Crippen molar-refractivity contribution in [1.29, 1.82) is 0 Å². The van der Waals surface area contributed by atoms with Crippen molar-refractivity contribution < 1.29 is 18.4 Å². The molecule has 0 saturated heterocycles. The molecule has 4 aromatic rings. The van der Waals surface area contributed by atoms with Gasteiger partial charge in [-0.2, -0.15) is 0 Å². The van der Waals surface area contributed by atoms with Gasteiger partial charge in [0.25, 0.3) is 11.8 Å². The average molecular weight is 458 g/mol. The zero-order chi connectivity index (χ0) is 23.8. The number of nitrogens with one attached hydrogen (secondary N) is 4. The summed E-state index contributed by atoms with van der Waals surface area (Å²) >= 11 is 0. The number of hydrogen-bond donors (Lipinski definition) is 4. The Balaban J connectivity index is 1.42. The molecule has 0 aliphatic carbocycles. The van der Waals surface area contributed by atoms with Gasteiger partial charge in [0.2, 0.25) is 5.43 Å². The third-order valence-electron chi connectivity index (χ3n) is 5.35. The van der Waals surface area contributed by atoms with Crippen molar-refractivity contribution in [2.45, 2.75) is 0 Å². The number of hydrogen-bond acceptors (Lipinski definition) is 3. The van der Waals surface area contributed by atoms with E-state index in [1.54, 1.807) is 30.5 Å². The molecule has 0 spiro atoms. The van der Waals surface area contributed by atoms with Crippen LogP contribution in [-0.2, 0) is 4.79 Å². The number of halogens is 2. The van der Waals surface area contributed by atoms with E-state index in [9.17, 15) is 23.2 Å². The maximum atomic E-state index is 13.6. The summed E-state index contributed by atoms with van der Waals surface area (Å²) in [5.74, 6) is -2.67. The fourth-order valence-corrected chi connectivity index (χ4v) is 3.78. The van der Waals surface area contributed by atoms with Crippen LogP contribution in [0.4, 0.5) is 20.2 Å². The molecule has 0 bridgehead atoms. The van der Waals surface area contributed by atoms with E-state index < -0.39 is 23.0 Å². The van der Waals surface area contributed by atoms with Crippen LogP contribution in [0.5, 0.6) is 0 Å². The van der Waals surface area contributed by atoms with Gasteiger partial charge in [-0.05, 0) is 48.0 Å². The lowest BCUT2D eigenvalue weighted by molar-refractivity contribution is -0.110. The summed E-state index contributed by atoms with van der Waals surface area (Å²) in [7, 11) is 0. The highest BCUT2D eigenvalue weighted by atomic mass is 19.1. The lowest BCUT2D eigenvalue weighted by Crippen LogP contribution is -2.22. The van der Waals surface area contributed by atoms with Crippen LogP contribution < -0.4 is 16.1 Å². The molecule has 5 rings (SSSR count). The van der Waals surface area contributed by atoms with Gasteiger partial charge in [-0.25, -0.2) is 8.78 Å². The van der Waals surface area contributed by atoms with Gasteiger partial charge in [0.15, 0.2) is 0 Å². The quantitative estimate of drug-likeness (QED) is 0.341. The van der Waals surface area contributed by atoms with Gasteiger partial charge in [0.05, 0.1) is 11.3 Å². The van der Waals surface area contributed by atoms with Crippen LogP contribution in [-0.4, -0.2) is 21.8 Å². The topological polar surface area (TPSA) is 107 Å². The van der Waals surface area contributed by atoms with Gasteiger partial charge in [0.1, 0.15) is 17.2 Å². The maximum absolute atomic E-state index is 13.6. The number of aromatic amines is 2. The Morgan fingerprint density at radius 2 is 1.74 bits per heavy atom. The molecule has 0 unspecified atom stereocenters. The molecule has 34 heavy (non-hydrogen) atoms. The zero-order valence-electron chi connectivity index (χ0n) is 17.4. The minimum absolute atomic E-state index is 0.00928. The molecule has 1 aliphatic rings. The molecule has 2 amide bonds. The Morgan fingerprint density at radius 3 is 2.47 bits per heavy atom. The fraction of sp³-hybridized carbons (Fsp3) is 0. The Bertz CT molecular complexity index is 1520. The summed E-state index contributed by atoms with van der Waals surface area (Å²) in [6.07, 6.45) is 5.96. The minimum Gasteiger partial charge on any atom is -0.366 e. The maximum Gasteiger partial charge on any atom is 0.261 e. The number of anilines is 2. The normalized spacial score (nSPS) is 13.6. The predicted octanol–water partition coefficient (Wildman–Crippen LogP) is 4.39. The first kappa shape index (κ1) is 21.1. The Kier molecular flexibility index (Phi) is 5.14. The molecular weight excluding hydrogens is 442 g/mol. The number of aromatic nitrogens is 2.